The SMILES string of the molecule is O=c1ccc2cnc(N[C@H]3CC[C@H](O)CC3)nc2[nH]1. The van der Waals surface area contributed by atoms with Gasteiger partial charge < -0.3 is 15.4 Å². The largest absolute Gasteiger partial charge is 0.393 e. The first-order chi connectivity index (χ1) is 9.20. The van der Waals surface area contributed by atoms with Crippen molar-refractivity contribution in [3.05, 3.63) is 28.7 Å². The normalized spacial score (nSPS) is 23.4. The summed E-state index contributed by atoms with van der Waals surface area (Å²) in [5.74, 6) is 0.524. The highest BCUT2D eigenvalue weighted by Gasteiger charge is 2.19. The van der Waals surface area contributed by atoms with Gasteiger partial charge in [-0.2, -0.15) is 4.98 Å². The van der Waals surface area contributed by atoms with Crippen LogP contribution in [0.3, 0.4) is 0 Å². The maximum Gasteiger partial charge on any atom is 0.249 e. The summed E-state index contributed by atoms with van der Waals surface area (Å²) in [5, 5.41) is 13.5. The Balaban J connectivity index is 1.79. The highest BCUT2D eigenvalue weighted by molar-refractivity contribution is 5.74. The number of aromatic amines is 1. The Morgan fingerprint density at radius 3 is 2.84 bits per heavy atom. The van der Waals surface area contributed by atoms with Crippen molar-refractivity contribution in [3.63, 3.8) is 0 Å². The van der Waals surface area contributed by atoms with Gasteiger partial charge in [-0.15, -0.1) is 0 Å². The molecule has 1 fully saturated rings. The molecule has 3 N–H and O–H groups in total. The molecule has 0 aromatic carbocycles. The van der Waals surface area contributed by atoms with E-state index in [0.717, 1.165) is 31.1 Å². The van der Waals surface area contributed by atoms with Gasteiger partial charge in [-0.05, 0) is 31.7 Å². The second-order valence-electron chi connectivity index (χ2n) is 4.97. The number of hydrogen-bond donors (Lipinski definition) is 3. The number of anilines is 1. The van der Waals surface area contributed by atoms with Crippen LogP contribution in [0.1, 0.15) is 25.7 Å². The van der Waals surface area contributed by atoms with Gasteiger partial charge >= 0.3 is 0 Å². The van der Waals surface area contributed by atoms with E-state index in [-0.39, 0.29) is 17.7 Å². The van der Waals surface area contributed by atoms with E-state index in [0.29, 0.717) is 11.6 Å². The quantitative estimate of drug-likeness (QED) is 0.750. The molecule has 19 heavy (non-hydrogen) atoms. The summed E-state index contributed by atoms with van der Waals surface area (Å²) in [5.41, 5.74) is 0.374. The smallest absolute Gasteiger partial charge is 0.249 e. The van der Waals surface area contributed by atoms with Gasteiger partial charge in [-0.1, -0.05) is 0 Å². The Labute approximate surface area is 109 Å². The summed E-state index contributed by atoms with van der Waals surface area (Å²) in [6.07, 6.45) is 4.96. The molecule has 6 nitrogen and oxygen atoms in total. The molecular formula is C13H16N4O2. The van der Waals surface area contributed by atoms with E-state index in [1.165, 1.54) is 6.07 Å². The molecule has 1 aliphatic rings. The van der Waals surface area contributed by atoms with Crippen LogP contribution in [0.25, 0.3) is 11.0 Å². The summed E-state index contributed by atoms with van der Waals surface area (Å²) in [6, 6.07) is 3.45. The number of aromatic nitrogens is 3. The molecule has 2 aromatic rings. The first kappa shape index (κ1) is 12.1. The lowest BCUT2D eigenvalue weighted by Gasteiger charge is -2.26. The van der Waals surface area contributed by atoms with E-state index in [4.69, 9.17) is 0 Å². The number of rotatable bonds is 2. The Kier molecular flexibility index (Phi) is 3.16. The molecule has 0 spiro atoms. The highest BCUT2D eigenvalue weighted by atomic mass is 16.3. The molecule has 1 saturated carbocycles. The van der Waals surface area contributed by atoms with Crippen LogP contribution in [0, 0.1) is 0 Å². The monoisotopic (exact) mass is 260 g/mol. The number of nitrogens with one attached hydrogen (secondary N) is 2. The summed E-state index contributed by atoms with van der Waals surface area (Å²) < 4.78 is 0. The van der Waals surface area contributed by atoms with Gasteiger partial charge in [-0.25, -0.2) is 4.98 Å². The molecule has 100 valence electrons. The fourth-order valence-electron chi connectivity index (χ4n) is 2.41. The molecule has 0 unspecified atom stereocenters. The molecule has 2 heterocycles. The maximum absolute atomic E-state index is 11.3. The maximum atomic E-state index is 11.3. The third-order valence-corrected chi connectivity index (χ3v) is 3.50. The Bertz CT molecular complexity index is 632. The van der Waals surface area contributed by atoms with E-state index in [1.807, 2.05) is 0 Å². The van der Waals surface area contributed by atoms with Crippen LogP contribution < -0.4 is 10.9 Å². The van der Waals surface area contributed by atoms with E-state index in [2.05, 4.69) is 20.3 Å². The third-order valence-electron chi connectivity index (χ3n) is 3.50. The van der Waals surface area contributed by atoms with Gasteiger partial charge in [0.25, 0.3) is 0 Å². The second-order valence-corrected chi connectivity index (χ2v) is 4.97. The van der Waals surface area contributed by atoms with Crippen molar-refractivity contribution in [2.24, 2.45) is 0 Å². The zero-order valence-corrected chi connectivity index (χ0v) is 10.5. The van der Waals surface area contributed by atoms with Gasteiger partial charge in [-0.3, -0.25) is 4.79 Å². The van der Waals surface area contributed by atoms with E-state index >= 15 is 0 Å². The molecule has 0 atom stereocenters. The predicted octanol–water partition coefficient (Wildman–Crippen LogP) is 1.03. The third kappa shape index (κ3) is 2.73. The van der Waals surface area contributed by atoms with Crippen LogP contribution in [0.15, 0.2) is 23.1 Å². The highest BCUT2D eigenvalue weighted by Crippen LogP contribution is 2.21. The Morgan fingerprint density at radius 2 is 2.05 bits per heavy atom. The van der Waals surface area contributed by atoms with Crippen molar-refractivity contribution >= 4 is 17.0 Å². The first-order valence-corrected chi connectivity index (χ1v) is 6.51. The lowest BCUT2D eigenvalue weighted by molar-refractivity contribution is 0.126. The minimum absolute atomic E-state index is 0.169. The second kappa shape index (κ2) is 4.97. The minimum atomic E-state index is -0.174. The van der Waals surface area contributed by atoms with Crippen LogP contribution in [-0.2, 0) is 0 Å². The molecule has 0 amide bonds. The Morgan fingerprint density at radius 1 is 1.26 bits per heavy atom. The van der Waals surface area contributed by atoms with Crippen molar-refractivity contribution in [1.29, 1.82) is 0 Å². The summed E-state index contributed by atoms with van der Waals surface area (Å²) in [4.78, 5) is 22.5. The molecule has 3 rings (SSSR count). The number of nitrogens with zero attached hydrogens (tertiary/aromatic N) is 2. The number of H-pyrrole nitrogens is 1. The van der Waals surface area contributed by atoms with Crippen molar-refractivity contribution in [2.75, 3.05) is 5.32 Å². The predicted molar refractivity (Wildman–Crippen MR) is 72.0 cm³/mol. The van der Waals surface area contributed by atoms with Crippen LogP contribution in [0.4, 0.5) is 5.95 Å². The average Bonchev–Trinajstić information content (AvgIpc) is 2.41. The summed E-state index contributed by atoms with van der Waals surface area (Å²) >= 11 is 0. The van der Waals surface area contributed by atoms with E-state index in [9.17, 15) is 9.90 Å². The van der Waals surface area contributed by atoms with Crippen molar-refractivity contribution in [3.8, 4) is 0 Å². The fraction of sp³-hybridized carbons (Fsp3) is 0.462. The van der Waals surface area contributed by atoms with Crippen LogP contribution in [0.5, 0.6) is 0 Å². The molecule has 0 aliphatic heterocycles. The lowest BCUT2D eigenvalue weighted by atomic mass is 9.93. The number of pyridine rings is 1. The van der Waals surface area contributed by atoms with Gasteiger partial charge in [0.2, 0.25) is 11.5 Å². The Hall–Kier alpha value is -1.95. The number of aliphatic hydroxyl groups is 1. The average molecular weight is 260 g/mol. The lowest BCUT2D eigenvalue weighted by Crippen LogP contribution is -2.28. The molecule has 0 bridgehead atoms. The topological polar surface area (TPSA) is 90.9 Å². The van der Waals surface area contributed by atoms with Crippen molar-refractivity contribution < 1.29 is 5.11 Å². The molecule has 1 aliphatic carbocycles. The van der Waals surface area contributed by atoms with Crippen LogP contribution in [0.2, 0.25) is 0 Å². The number of fused-ring (bicyclic) bond motifs is 1. The van der Waals surface area contributed by atoms with Gasteiger partial charge in [0.05, 0.1) is 6.10 Å². The first-order valence-electron chi connectivity index (χ1n) is 6.51. The fourth-order valence-corrected chi connectivity index (χ4v) is 2.41. The molecule has 6 heteroatoms. The van der Waals surface area contributed by atoms with E-state index in [1.54, 1.807) is 12.3 Å². The minimum Gasteiger partial charge on any atom is -0.393 e. The number of hydrogen-bond acceptors (Lipinski definition) is 5. The van der Waals surface area contributed by atoms with E-state index < -0.39 is 0 Å². The van der Waals surface area contributed by atoms with Gasteiger partial charge in [0.15, 0.2) is 0 Å². The van der Waals surface area contributed by atoms with Crippen molar-refractivity contribution in [2.45, 2.75) is 37.8 Å². The molecular weight excluding hydrogens is 244 g/mol. The molecule has 0 radical (unpaired) electrons. The van der Waals surface area contributed by atoms with Crippen molar-refractivity contribution in [1.82, 2.24) is 15.0 Å². The van der Waals surface area contributed by atoms with Gasteiger partial charge in [0, 0.05) is 23.7 Å². The summed E-state index contributed by atoms with van der Waals surface area (Å²) in [7, 11) is 0. The van der Waals surface area contributed by atoms with Crippen LogP contribution in [-0.4, -0.2) is 32.2 Å². The zero-order valence-electron chi connectivity index (χ0n) is 10.5. The van der Waals surface area contributed by atoms with Gasteiger partial charge in [0.1, 0.15) is 5.65 Å². The standard InChI is InChI=1S/C13H16N4O2/c18-10-4-2-9(3-5-10)15-13-14-7-8-1-6-11(19)16-12(8)17-13/h1,6-7,9-10,18H,2-5H2,(H2,14,15,16,17,19)/t9-,10-. The van der Waals surface area contributed by atoms with Crippen LogP contribution >= 0.6 is 0 Å². The zero-order chi connectivity index (χ0) is 13.2. The molecule has 2 aromatic heterocycles. The molecule has 0 saturated heterocycles. The number of aliphatic hydroxyl groups excluding tert-OH is 1. The summed E-state index contributed by atoms with van der Waals surface area (Å²) in [6.45, 7) is 0.